The van der Waals surface area contributed by atoms with Crippen LogP contribution in [-0.2, 0) is 20.7 Å². The van der Waals surface area contributed by atoms with Crippen molar-refractivity contribution >= 4 is 22.7 Å². The standard InChI is InChI=1S/C18H20O4/c1-11-7-8-14-13(10-21-18(14)12(11)2)9-17(20)22-16-6-4-3-5-15(16)19/h7-8,10,16H,3-6,9H2,1-2H3/t16-/m1/s1. The highest BCUT2D eigenvalue weighted by Crippen LogP contribution is 2.27. The number of esters is 1. The lowest BCUT2D eigenvalue weighted by Crippen LogP contribution is -2.30. The van der Waals surface area contributed by atoms with E-state index in [1.165, 1.54) is 0 Å². The molecule has 116 valence electrons. The summed E-state index contributed by atoms with van der Waals surface area (Å²) in [6.07, 6.45) is 4.21. The molecule has 3 rings (SSSR count). The van der Waals surface area contributed by atoms with E-state index in [1.54, 1.807) is 6.26 Å². The molecule has 1 fully saturated rings. The van der Waals surface area contributed by atoms with Gasteiger partial charge in [-0.05, 0) is 44.2 Å². The van der Waals surface area contributed by atoms with Crippen LogP contribution < -0.4 is 0 Å². The van der Waals surface area contributed by atoms with E-state index in [9.17, 15) is 9.59 Å². The van der Waals surface area contributed by atoms with Gasteiger partial charge in [0.15, 0.2) is 11.9 Å². The number of carbonyl (C=O) groups is 2. The van der Waals surface area contributed by atoms with Gasteiger partial charge in [0, 0.05) is 17.4 Å². The minimum absolute atomic E-state index is 0.0446. The van der Waals surface area contributed by atoms with Gasteiger partial charge in [-0.1, -0.05) is 12.1 Å². The van der Waals surface area contributed by atoms with Crippen LogP contribution in [0.3, 0.4) is 0 Å². The van der Waals surface area contributed by atoms with Gasteiger partial charge in [-0.2, -0.15) is 0 Å². The molecule has 4 heteroatoms. The second kappa shape index (κ2) is 5.95. The summed E-state index contributed by atoms with van der Waals surface area (Å²) in [6.45, 7) is 4.03. The first-order valence-corrected chi connectivity index (χ1v) is 7.74. The van der Waals surface area contributed by atoms with Crippen LogP contribution in [0.15, 0.2) is 22.8 Å². The van der Waals surface area contributed by atoms with E-state index in [0.717, 1.165) is 40.5 Å². The molecule has 1 atom stereocenters. The van der Waals surface area contributed by atoms with Gasteiger partial charge in [-0.3, -0.25) is 9.59 Å². The molecule has 22 heavy (non-hydrogen) atoms. The van der Waals surface area contributed by atoms with E-state index in [-0.39, 0.29) is 18.2 Å². The largest absolute Gasteiger partial charge is 0.464 e. The van der Waals surface area contributed by atoms with Crippen LogP contribution in [0, 0.1) is 13.8 Å². The van der Waals surface area contributed by atoms with Gasteiger partial charge in [-0.25, -0.2) is 0 Å². The third kappa shape index (κ3) is 2.78. The number of ketones is 1. The van der Waals surface area contributed by atoms with Crippen LogP contribution >= 0.6 is 0 Å². The summed E-state index contributed by atoms with van der Waals surface area (Å²) in [5.41, 5.74) is 3.87. The van der Waals surface area contributed by atoms with Crippen LogP contribution in [0.25, 0.3) is 11.0 Å². The van der Waals surface area contributed by atoms with Crippen LogP contribution in [0.4, 0.5) is 0 Å². The smallest absolute Gasteiger partial charge is 0.311 e. The van der Waals surface area contributed by atoms with Crippen molar-refractivity contribution in [1.82, 2.24) is 0 Å². The summed E-state index contributed by atoms with van der Waals surface area (Å²) >= 11 is 0. The lowest BCUT2D eigenvalue weighted by Gasteiger charge is -2.20. The zero-order chi connectivity index (χ0) is 15.7. The fraction of sp³-hybridized carbons (Fsp3) is 0.444. The van der Waals surface area contributed by atoms with Gasteiger partial charge in [0.25, 0.3) is 0 Å². The minimum atomic E-state index is -0.552. The first-order valence-electron chi connectivity index (χ1n) is 7.74. The Bertz CT molecular complexity index is 726. The predicted molar refractivity (Wildman–Crippen MR) is 82.7 cm³/mol. The van der Waals surface area contributed by atoms with Gasteiger partial charge in [-0.15, -0.1) is 0 Å². The molecule has 0 radical (unpaired) electrons. The zero-order valence-corrected chi connectivity index (χ0v) is 13.0. The van der Waals surface area contributed by atoms with E-state index >= 15 is 0 Å². The number of fused-ring (bicyclic) bond motifs is 1. The van der Waals surface area contributed by atoms with Crippen molar-refractivity contribution < 1.29 is 18.7 Å². The molecule has 1 aromatic carbocycles. The van der Waals surface area contributed by atoms with Gasteiger partial charge in [0.1, 0.15) is 5.58 Å². The van der Waals surface area contributed by atoms with Crippen molar-refractivity contribution in [1.29, 1.82) is 0 Å². The normalized spacial score (nSPS) is 18.6. The van der Waals surface area contributed by atoms with E-state index in [0.29, 0.717) is 12.8 Å². The summed E-state index contributed by atoms with van der Waals surface area (Å²) in [7, 11) is 0. The fourth-order valence-electron chi connectivity index (χ4n) is 2.96. The second-order valence-corrected chi connectivity index (χ2v) is 6.01. The lowest BCUT2D eigenvalue weighted by atomic mass is 9.96. The van der Waals surface area contributed by atoms with E-state index in [2.05, 4.69) is 0 Å². The maximum absolute atomic E-state index is 12.1. The molecular formula is C18H20O4. The first kappa shape index (κ1) is 14.8. The Morgan fingerprint density at radius 2 is 2.14 bits per heavy atom. The molecule has 0 bridgehead atoms. The fourth-order valence-corrected chi connectivity index (χ4v) is 2.96. The van der Waals surface area contributed by atoms with E-state index in [4.69, 9.17) is 9.15 Å². The van der Waals surface area contributed by atoms with Crippen LogP contribution in [0.2, 0.25) is 0 Å². The Labute approximate surface area is 129 Å². The van der Waals surface area contributed by atoms with Crippen molar-refractivity contribution in [3.05, 3.63) is 35.1 Å². The summed E-state index contributed by atoms with van der Waals surface area (Å²) in [4.78, 5) is 23.8. The van der Waals surface area contributed by atoms with Gasteiger partial charge >= 0.3 is 5.97 Å². The highest BCUT2D eigenvalue weighted by Gasteiger charge is 2.26. The average molecular weight is 300 g/mol. The predicted octanol–water partition coefficient (Wildman–Crippen LogP) is 3.65. The Kier molecular flexibility index (Phi) is 4.01. The molecular weight excluding hydrogens is 280 g/mol. The number of hydrogen-bond donors (Lipinski definition) is 0. The Hall–Kier alpha value is -2.10. The molecule has 0 saturated heterocycles. The molecule has 0 amide bonds. The van der Waals surface area contributed by atoms with Crippen LogP contribution in [0.1, 0.15) is 42.4 Å². The van der Waals surface area contributed by atoms with Crippen LogP contribution in [0.5, 0.6) is 0 Å². The molecule has 1 aliphatic carbocycles. The molecule has 0 N–H and O–H groups in total. The molecule has 0 aliphatic heterocycles. The maximum atomic E-state index is 12.1. The second-order valence-electron chi connectivity index (χ2n) is 6.01. The highest BCUT2D eigenvalue weighted by molar-refractivity contribution is 5.90. The van der Waals surface area contributed by atoms with Crippen molar-refractivity contribution in [2.45, 2.75) is 52.1 Å². The van der Waals surface area contributed by atoms with Crippen LogP contribution in [-0.4, -0.2) is 17.9 Å². The molecule has 1 aromatic heterocycles. The Morgan fingerprint density at radius 3 is 2.91 bits per heavy atom. The molecule has 1 saturated carbocycles. The molecule has 1 heterocycles. The molecule has 2 aromatic rings. The maximum Gasteiger partial charge on any atom is 0.311 e. The van der Waals surface area contributed by atoms with E-state index in [1.807, 2.05) is 26.0 Å². The third-order valence-electron chi connectivity index (χ3n) is 4.45. The SMILES string of the molecule is Cc1ccc2c(CC(=O)O[C@@H]3CCCCC3=O)coc2c1C. The zero-order valence-electron chi connectivity index (χ0n) is 13.0. The average Bonchev–Trinajstić information content (AvgIpc) is 2.89. The number of ether oxygens (including phenoxy) is 1. The summed E-state index contributed by atoms with van der Waals surface area (Å²) < 4.78 is 10.9. The number of aryl methyl sites for hydroxylation is 2. The van der Waals surface area contributed by atoms with Crippen molar-refractivity contribution in [2.24, 2.45) is 0 Å². The molecule has 1 aliphatic rings. The first-order chi connectivity index (χ1) is 10.6. The Morgan fingerprint density at radius 1 is 1.32 bits per heavy atom. The van der Waals surface area contributed by atoms with Crippen molar-refractivity contribution in [3.8, 4) is 0 Å². The molecule has 0 unspecified atom stereocenters. The number of carbonyl (C=O) groups excluding carboxylic acids is 2. The summed E-state index contributed by atoms with van der Waals surface area (Å²) in [5.74, 6) is -0.315. The van der Waals surface area contributed by atoms with Crippen molar-refractivity contribution in [2.75, 3.05) is 0 Å². The number of hydrogen-bond acceptors (Lipinski definition) is 4. The Balaban J connectivity index is 1.74. The van der Waals surface area contributed by atoms with Gasteiger partial charge in [0.2, 0.25) is 0 Å². The summed E-state index contributed by atoms with van der Waals surface area (Å²) in [6, 6.07) is 3.99. The van der Waals surface area contributed by atoms with Gasteiger partial charge in [0.05, 0.1) is 12.7 Å². The quantitative estimate of drug-likeness (QED) is 0.812. The monoisotopic (exact) mass is 300 g/mol. The molecule has 4 nitrogen and oxygen atoms in total. The van der Waals surface area contributed by atoms with Gasteiger partial charge < -0.3 is 9.15 Å². The number of furan rings is 1. The lowest BCUT2D eigenvalue weighted by molar-refractivity contribution is -0.156. The molecule has 0 spiro atoms. The summed E-state index contributed by atoms with van der Waals surface area (Å²) in [5, 5.41) is 0.940. The minimum Gasteiger partial charge on any atom is -0.464 e. The third-order valence-corrected chi connectivity index (χ3v) is 4.45. The number of Topliss-reactive ketones (excluding diaryl/α,β-unsaturated/α-hetero) is 1. The number of rotatable bonds is 3. The van der Waals surface area contributed by atoms with E-state index < -0.39 is 6.10 Å². The van der Waals surface area contributed by atoms with Crippen molar-refractivity contribution in [3.63, 3.8) is 0 Å². The number of benzene rings is 1. The topological polar surface area (TPSA) is 56.5 Å². The highest BCUT2D eigenvalue weighted by atomic mass is 16.5.